The number of nitrogens with one attached hydrogen (secondary N) is 1. The van der Waals surface area contributed by atoms with E-state index in [1.54, 1.807) is 14.2 Å². The van der Waals surface area contributed by atoms with E-state index in [1.807, 2.05) is 0 Å². The van der Waals surface area contributed by atoms with E-state index in [9.17, 15) is 4.79 Å². The normalized spacial score (nSPS) is 13.0. The van der Waals surface area contributed by atoms with Gasteiger partial charge in [0.1, 0.15) is 0 Å². The molecule has 0 aromatic heterocycles. The van der Waals surface area contributed by atoms with E-state index in [0.29, 0.717) is 6.41 Å². The van der Waals surface area contributed by atoms with Crippen LogP contribution in [0.1, 0.15) is 19.8 Å². The number of carbonyl (C=O) groups is 1. The first kappa shape index (κ1) is 11.6. The standard InChI is InChI=1S/C7H17NO3Si/c1-4-5-7(8-6-9)12(10-2)11-3/h6-7,12H,4-5H2,1-3H3,(H,8,9). The van der Waals surface area contributed by atoms with Crippen LogP contribution in [0.4, 0.5) is 0 Å². The molecule has 12 heavy (non-hydrogen) atoms. The maximum atomic E-state index is 10.2. The fourth-order valence-electron chi connectivity index (χ4n) is 1.12. The summed E-state index contributed by atoms with van der Waals surface area (Å²) in [4.78, 5) is 10.2. The molecule has 5 heteroatoms. The summed E-state index contributed by atoms with van der Waals surface area (Å²) >= 11 is 0. The van der Waals surface area contributed by atoms with Gasteiger partial charge in [-0.05, 0) is 6.42 Å². The Bertz CT molecular complexity index is 119. The summed E-state index contributed by atoms with van der Waals surface area (Å²) in [7, 11) is 1.56. The molecule has 0 aliphatic rings. The Balaban J connectivity index is 3.94. The molecule has 0 bridgehead atoms. The van der Waals surface area contributed by atoms with Crippen LogP contribution in [-0.2, 0) is 13.6 Å². The van der Waals surface area contributed by atoms with Crippen molar-refractivity contribution in [2.45, 2.75) is 25.4 Å². The molecule has 0 aliphatic heterocycles. The van der Waals surface area contributed by atoms with Gasteiger partial charge in [-0.25, -0.2) is 0 Å². The zero-order valence-electron chi connectivity index (χ0n) is 7.87. The van der Waals surface area contributed by atoms with Crippen molar-refractivity contribution in [3.63, 3.8) is 0 Å². The van der Waals surface area contributed by atoms with E-state index in [-0.39, 0.29) is 5.67 Å². The number of rotatable bonds is 7. The summed E-state index contributed by atoms with van der Waals surface area (Å²) in [5, 5.41) is 2.72. The minimum absolute atomic E-state index is 0.0856. The van der Waals surface area contributed by atoms with Gasteiger partial charge in [-0.3, -0.25) is 4.79 Å². The first-order chi connectivity index (χ1) is 5.79. The quantitative estimate of drug-likeness (QED) is 0.453. The van der Waals surface area contributed by atoms with E-state index in [1.165, 1.54) is 0 Å². The highest BCUT2D eigenvalue weighted by Crippen LogP contribution is 2.01. The zero-order chi connectivity index (χ0) is 9.40. The minimum atomic E-state index is -1.68. The Morgan fingerprint density at radius 2 is 2.08 bits per heavy atom. The van der Waals surface area contributed by atoms with Crippen LogP contribution >= 0.6 is 0 Å². The lowest BCUT2D eigenvalue weighted by Gasteiger charge is -2.21. The van der Waals surface area contributed by atoms with Gasteiger partial charge in [0.15, 0.2) is 0 Å². The molecular weight excluding hydrogens is 174 g/mol. The monoisotopic (exact) mass is 191 g/mol. The van der Waals surface area contributed by atoms with Crippen LogP contribution in [0.3, 0.4) is 0 Å². The molecule has 0 radical (unpaired) electrons. The molecule has 1 amide bonds. The van der Waals surface area contributed by atoms with Gasteiger partial charge in [0.25, 0.3) is 0 Å². The molecule has 0 aromatic rings. The summed E-state index contributed by atoms with van der Waals surface area (Å²) in [5.74, 6) is 0. The Kier molecular flexibility index (Phi) is 7.03. The van der Waals surface area contributed by atoms with Crippen molar-refractivity contribution in [2.75, 3.05) is 14.2 Å². The zero-order valence-corrected chi connectivity index (χ0v) is 9.03. The van der Waals surface area contributed by atoms with Gasteiger partial charge < -0.3 is 14.2 Å². The van der Waals surface area contributed by atoms with Crippen molar-refractivity contribution >= 4 is 15.7 Å². The van der Waals surface area contributed by atoms with Crippen molar-refractivity contribution in [1.29, 1.82) is 0 Å². The maximum absolute atomic E-state index is 10.2. The fourth-order valence-corrected chi connectivity index (χ4v) is 2.81. The van der Waals surface area contributed by atoms with Crippen LogP contribution in [0, 0.1) is 0 Å². The largest absolute Gasteiger partial charge is 0.399 e. The van der Waals surface area contributed by atoms with Crippen molar-refractivity contribution in [2.24, 2.45) is 0 Å². The minimum Gasteiger partial charge on any atom is -0.399 e. The van der Waals surface area contributed by atoms with Gasteiger partial charge in [-0.1, -0.05) is 13.3 Å². The average Bonchev–Trinajstić information content (AvgIpc) is 2.07. The lowest BCUT2D eigenvalue weighted by molar-refractivity contribution is -0.109. The van der Waals surface area contributed by atoms with Gasteiger partial charge in [-0.15, -0.1) is 0 Å². The van der Waals surface area contributed by atoms with Crippen LogP contribution in [0.25, 0.3) is 0 Å². The number of hydrogen-bond acceptors (Lipinski definition) is 3. The van der Waals surface area contributed by atoms with E-state index in [4.69, 9.17) is 8.85 Å². The molecular formula is C7H17NO3Si. The third-order valence-electron chi connectivity index (χ3n) is 1.67. The van der Waals surface area contributed by atoms with Crippen molar-refractivity contribution < 1.29 is 13.6 Å². The van der Waals surface area contributed by atoms with E-state index >= 15 is 0 Å². The van der Waals surface area contributed by atoms with Crippen molar-refractivity contribution in [1.82, 2.24) is 5.32 Å². The summed E-state index contributed by atoms with van der Waals surface area (Å²) in [6, 6.07) is 0. The van der Waals surface area contributed by atoms with Gasteiger partial charge in [0.2, 0.25) is 6.41 Å². The molecule has 1 atom stereocenters. The Morgan fingerprint density at radius 1 is 1.50 bits per heavy atom. The highest BCUT2D eigenvalue weighted by atomic mass is 28.3. The van der Waals surface area contributed by atoms with Gasteiger partial charge in [-0.2, -0.15) is 0 Å². The smallest absolute Gasteiger partial charge is 0.344 e. The summed E-state index contributed by atoms with van der Waals surface area (Å²) in [6.45, 7) is 2.07. The van der Waals surface area contributed by atoms with Crippen LogP contribution in [-0.4, -0.2) is 35.6 Å². The molecule has 0 saturated heterocycles. The number of hydrogen-bond donors (Lipinski definition) is 1. The van der Waals surface area contributed by atoms with Crippen LogP contribution in [0.15, 0.2) is 0 Å². The first-order valence-corrected chi connectivity index (χ1v) is 5.66. The second kappa shape index (κ2) is 7.27. The highest BCUT2D eigenvalue weighted by molar-refractivity contribution is 6.46. The first-order valence-electron chi connectivity index (χ1n) is 4.05. The topological polar surface area (TPSA) is 47.6 Å². The lowest BCUT2D eigenvalue weighted by Crippen LogP contribution is -2.45. The Labute approximate surface area is 75.1 Å². The molecule has 0 spiro atoms. The molecule has 0 fully saturated rings. The molecule has 1 N–H and O–H groups in total. The third-order valence-corrected chi connectivity index (χ3v) is 3.79. The molecule has 1 unspecified atom stereocenters. The second-order valence-corrected chi connectivity index (χ2v) is 5.00. The molecule has 0 saturated carbocycles. The summed E-state index contributed by atoms with van der Waals surface area (Å²) < 4.78 is 10.3. The third kappa shape index (κ3) is 3.84. The van der Waals surface area contributed by atoms with Gasteiger partial charge in [0, 0.05) is 14.2 Å². The van der Waals surface area contributed by atoms with Crippen molar-refractivity contribution in [3.05, 3.63) is 0 Å². The molecule has 0 rings (SSSR count). The Hall–Kier alpha value is -0.393. The second-order valence-electron chi connectivity index (χ2n) is 2.52. The molecule has 0 aromatic carbocycles. The van der Waals surface area contributed by atoms with E-state index in [2.05, 4.69) is 12.2 Å². The fraction of sp³-hybridized carbons (Fsp3) is 0.857. The van der Waals surface area contributed by atoms with Crippen LogP contribution in [0.5, 0.6) is 0 Å². The van der Waals surface area contributed by atoms with E-state index < -0.39 is 9.28 Å². The van der Waals surface area contributed by atoms with Crippen LogP contribution < -0.4 is 5.32 Å². The number of amides is 1. The van der Waals surface area contributed by atoms with Gasteiger partial charge in [0.05, 0.1) is 5.67 Å². The summed E-state index contributed by atoms with van der Waals surface area (Å²) in [6.07, 6.45) is 2.64. The molecule has 4 nitrogen and oxygen atoms in total. The van der Waals surface area contributed by atoms with E-state index in [0.717, 1.165) is 12.8 Å². The number of carbonyl (C=O) groups excluding carboxylic acids is 1. The highest BCUT2D eigenvalue weighted by Gasteiger charge is 2.22. The molecule has 0 aliphatic carbocycles. The molecule has 0 heterocycles. The van der Waals surface area contributed by atoms with Crippen LogP contribution in [0.2, 0.25) is 0 Å². The summed E-state index contributed by atoms with van der Waals surface area (Å²) in [5.41, 5.74) is 0.0856. The maximum Gasteiger partial charge on any atom is 0.344 e. The average molecular weight is 191 g/mol. The van der Waals surface area contributed by atoms with Crippen molar-refractivity contribution in [3.8, 4) is 0 Å². The lowest BCUT2D eigenvalue weighted by atomic mass is 10.3. The van der Waals surface area contributed by atoms with Gasteiger partial charge >= 0.3 is 9.28 Å². The Morgan fingerprint density at radius 3 is 2.42 bits per heavy atom. The SMILES string of the molecule is CCCC(NC=O)[SiH](OC)OC. The predicted octanol–water partition coefficient (Wildman–Crippen LogP) is -0.0464. The molecule has 72 valence electrons. The predicted molar refractivity (Wildman–Crippen MR) is 49.1 cm³/mol.